The van der Waals surface area contributed by atoms with E-state index in [9.17, 15) is 0 Å². The minimum absolute atomic E-state index is 0.561. The molecule has 1 saturated heterocycles. The van der Waals surface area contributed by atoms with Crippen molar-refractivity contribution in [3.8, 4) is 11.3 Å². The van der Waals surface area contributed by atoms with Crippen LogP contribution in [0.2, 0.25) is 0 Å². The Bertz CT molecular complexity index is 579. The third kappa shape index (κ3) is 1.85. The molecular formula is C15H19N3. The average molecular weight is 241 g/mol. The first-order chi connectivity index (χ1) is 8.65. The fourth-order valence-corrected chi connectivity index (χ4v) is 2.41. The van der Waals surface area contributed by atoms with E-state index >= 15 is 0 Å². The zero-order valence-corrected chi connectivity index (χ0v) is 11.2. The highest BCUT2D eigenvalue weighted by Crippen LogP contribution is 2.27. The Hall–Kier alpha value is -1.61. The maximum atomic E-state index is 4.51. The van der Waals surface area contributed by atoms with Gasteiger partial charge in [0.05, 0.1) is 11.9 Å². The van der Waals surface area contributed by atoms with E-state index in [-0.39, 0.29) is 0 Å². The van der Waals surface area contributed by atoms with Crippen molar-refractivity contribution < 1.29 is 0 Å². The molecule has 0 amide bonds. The first-order valence-corrected chi connectivity index (χ1v) is 6.49. The molecule has 0 atom stereocenters. The van der Waals surface area contributed by atoms with Crippen LogP contribution in [0.3, 0.4) is 0 Å². The van der Waals surface area contributed by atoms with Crippen molar-refractivity contribution in [3.05, 3.63) is 40.8 Å². The summed E-state index contributed by atoms with van der Waals surface area (Å²) in [5.41, 5.74) is 6.39. The number of H-pyrrole nitrogens is 1. The summed E-state index contributed by atoms with van der Waals surface area (Å²) in [4.78, 5) is 7.98. The van der Waals surface area contributed by atoms with Crippen LogP contribution in [0, 0.1) is 20.8 Å². The summed E-state index contributed by atoms with van der Waals surface area (Å²) in [5.74, 6) is 1.67. The molecule has 0 bridgehead atoms. The van der Waals surface area contributed by atoms with Crippen molar-refractivity contribution in [2.24, 2.45) is 0 Å². The van der Waals surface area contributed by atoms with Gasteiger partial charge in [-0.1, -0.05) is 6.07 Å². The standard InChI is InChI=1S/C15H19N3/c1-9-4-11(3)13(5-10(9)2)14-8-17-15(18-14)12-6-16-7-12/h4-5,8,12,16H,6-7H2,1-3H3,(H,17,18). The molecule has 1 aliphatic heterocycles. The SMILES string of the molecule is Cc1cc(C)c(-c2cnc(C3CNC3)[nH]2)cc1C. The maximum absolute atomic E-state index is 4.51. The number of rotatable bonds is 2. The second-order valence-corrected chi connectivity index (χ2v) is 5.29. The first kappa shape index (κ1) is 11.5. The van der Waals surface area contributed by atoms with Gasteiger partial charge < -0.3 is 10.3 Å². The molecule has 0 unspecified atom stereocenters. The Morgan fingerprint density at radius 1 is 1.06 bits per heavy atom. The predicted molar refractivity (Wildman–Crippen MR) is 73.8 cm³/mol. The number of nitrogens with zero attached hydrogens (tertiary/aromatic N) is 1. The van der Waals surface area contributed by atoms with E-state index in [1.54, 1.807) is 0 Å². The molecule has 1 fully saturated rings. The zero-order valence-electron chi connectivity index (χ0n) is 11.2. The lowest BCUT2D eigenvalue weighted by Crippen LogP contribution is -2.40. The van der Waals surface area contributed by atoms with Crippen LogP contribution in [0.1, 0.15) is 28.4 Å². The minimum atomic E-state index is 0.561. The van der Waals surface area contributed by atoms with Gasteiger partial charge in [0.15, 0.2) is 0 Å². The van der Waals surface area contributed by atoms with Gasteiger partial charge in [-0.2, -0.15) is 0 Å². The van der Waals surface area contributed by atoms with Gasteiger partial charge in [0.2, 0.25) is 0 Å². The lowest BCUT2D eigenvalue weighted by molar-refractivity contribution is 0.433. The van der Waals surface area contributed by atoms with E-state index in [1.165, 1.54) is 22.3 Å². The van der Waals surface area contributed by atoms with Crippen LogP contribution in [0.4, 0.5) is 0 Å². The Labute approximate surface area is 108 Å². The third-order valence-corrected chi connectivity index (χ3v) is 3.89. The highest BCUT2D eigenvalue weighted by Gasteiger charge is 2.22. The van der Waals surface area contributed by atoms with Crippen LogP contribution in [0.15, 0.2) is 18.3 Å². The summed E-state index contributed by atoms with van der Waals surface area (Å²) in [6, 6.07) is 4.50. The van der Waals surface area contributed by atoms with Gasteiger partial charge in [-0.25, -0.2) is 4.98 Å². The normalized spacial score (nSPS) is 15.7. The number of hydrogen-bond donors (Lipinski definition) is 2. The molecular weight excluding hydrogens is 222 g/mol. The lowest BCUT2D eigenvalue weighted by atomic mass is 9.99. The third-order valence-electron chi connectivity index (χ3n) is 3.89. The molecule has 3 nitrogen and oxygen atoms in total. The molecule has 1 aromatic carbocycles. The van der Waals surface area contributed by atoms with E-state index in [0.29, 0.717) is 5.92 Å². The molecule has 3 rings (SSSR count). The zero-order chi connectivity index (χ0) is 12.7. The van der Waals surface area contributed by atoms with Gasteiger partial charge in [-0.15, -0.1) is 0 Å². The predicted octanol–water partition coefficient (Wildman–Crippen LogP) is 2.69. The fourth-order valence-electron chi connectivity index (χ4n) is 2.41. The fraction of sp³-hybridized carbons (Fsp3) is 0.400. The van der Waals surface area contributed by atoms with Gasteiger partial charge in [-0.05, 0) is 43.5 Å². The van der Waals surface area contributed by atoms with Crippen LogP contribution >= 0.6 is 0 Å². The molecule has 94 valence electrons. The maximum Gasteiger partial charge on any atom is 0.112 e. The average Bonchev–Trinajstić information content (AvgIpc) is 2.70. The monoisotopic (exact) mass is 241 g/mol. The number of aryl methyl sites for hydroxylation is 3. The van der Waals surface area contributed by atoms with Crippen molar-refractivity contribution in [2.45, 2.75) is 26.7 Å². The van der Waals surface area contributed by atoms with E-state index in [4.69, 9.17) is 0 Å². The quantitative estimate of drug-likeness (QED) is 0.848. The Kier molecular flexibility index (Phi) is 2.71. The Morgan fingerprint density at radius 3 is 2.44 bits per heavy atom. The van der Waals surface area contributed by atoms with Crippen LogP contribution in [-0.2, 0) is 0 Å². The lowest BCUT2D eigenvalue weighted by Gasteiger charge is -2.24. The smallest absolute Gasteiger partial charge is 0.112 e. The molecule has 2 N–H and O–H groups in total. The number of aromatic amines is 1. The number of imidazole rings is 1. The number of benzene rings is 1. The largest absolute Gasteiger partial charge is 0.342 e. The van der Waals surface area contributed by atoms with Gasteiger partial charge in [0, 0.05) is 24.6 Å². The molecule has 2 aromatic rings. The molecule has 2 heterocycles. The second kappa shape index (κ2) is 4.25. The van der Waals surface area contributed by atoms with Crippen molar-refractivity contribution in [3.63, 3.8) is 0 Å². The molecule has 1 aliphatic rings. The molecule has 0 aliphatic carbocycles. The van der Waals surface area contributed by atoms with Crippen molar-refractivity contribution in [2.75, 3.05) is 13.1 Å². The number of hydrogen-bond acceptors (Lipinski definition) is 2. The Morgan fingerprint density at radius 2 is 1.78 bits per heavy atom. The second-order valence-electron chi connectivity index (χ2n) is 5.29. The van der Waals surface area contributed by atoms with Crippen LogP contribution < -0.4 is 5.32 Å². The molecule has 1 aromatic heterocycles. The topological polar surface area (TPSA) is 40.7 Å². The molecule has 0 radical (unpaired) electrons. The van der Waals surface area contributed by atoms with E-state index < -0.39 is 0 Å². The van der Waals surface area contributed by atoms with Crippen molar-refractivity contribution in [1.82, 2.24) is 15.3 Å². The summed E-state index contributed by atoms with van der Waals surface area (Å²) in [6.07, 6.45) is 1.96. The minimum Gasteiger partial charge on any atom is -0.342 e. The summed E-state index contributed by atoms with van der Waals surface area (Å²) < 4.78 is 0. The first-order valence-electron chi connectivity index (χ1n) is 6.49. The highest BCUT2D eigenvalue weighted by molar-refractivity contribution is 5.65. The summed E-state index contributed by atoms with van der Waals surface area (Å²) in [5, 5.41) is 3.28. The molecule has 0 saturated carbocycles. The van der Waals surface area contributed by atoms with Gasteiger partial charge in [0.1, 0.15) is 5.82 Å². The molecule has 3 heteroatoms. The van der Waals surface area contributed by atoms with E-state index in [2.05, 4.69) is 48.2 Å². The summed E-state index contributed by atoms with van der Waals surface area (Å²) in [7, 11) is 0. The molecule has 0 spiro atoms. The van der Waals surface area contributed by atoms with Gasteiger partial charge in [-0.3, -0.25) is 0 Å². The van der Waals surface area contributed by atoms with Gasteiger partial charge >= 0.3 is 0 Å². The Balaban J connectivity index is 1.98. The molecule has 18 heavy (non-hydrogen) atoms. The van der Waals surface area contributed by atoms with E-state index in [1.807, 2.05) is 6.20 Å². The van der Waals surface area contributed by atoms with Crippen LogP contribution in [-0.4, -0.2) is 23.1 Å². The summed E-state index contributed by atoms with van der Waals surface area (Å²) in [6.45, 7) is 8.56. The number of nitrogens with one attached hydrogen (secondary N) is 2. The van der Waals surface area contributed by atoms with Gasteiger partial charge in [0.25, 0.3) is 0 Å². The van der Waals surface area contributed by atoms with Crippen molar-refractivity contribution in [1.29, 1.82) is 0 Å². The number of aromatic nitrogens is 2. The van der Waals surface area contributed by atoms with Crippen LogP contribution in [0.25, 0.3) is 11.3 Å². The summed E-state index contributed by atoms with van der Waals surface area (Å²) >= 11 is 0. The van der Waals surface area contributed by atoms with Crippen LogP contribution in [0.5, 0.6) is 0 Å². The van der Waals surface area contributed by atoms with Crippen molar-refractivity contribution >= 4 is 0 Å². The highest BCUT2D eigenvalue weighted by atomic mass is 15.0. The van der Waals surface area contributed by atoms with E-state index in [0.717, 1.165) is 24.6 Å².